The van der Waals surface area contributed by atoms with Gasteiger partial charge in [-0.3, -0.25) is 9.69 Å². The first-order valence-electron chi connectivity index (χ1n) is 5.62. The number of rotatable bonds is 3. The molecule has 1 aromatic carbocycles. The lowest BCUT2D eigenvalue weighted by Gasteiger charge is -2.21. The Morgan fingerprint density at radius 2 is 2.17 bits per heavy atom. The number of aliphatic hydroxyl groups is 1. The molecule has 3 N–H and O–H groups in total. The van der Waals surface area contributed by atoms with Gasteiger partial charge in [-0.2, -0.15) is 0 Å². The van der Waals surface area contributed by atoms with Gasteiger partial charge in [0.15, 0.2) is 0 Å². The summed E-state index contributed by atoms with van der Waals surface area (Å²) in [5, 5.41) is 10.6. The predicted octanol–water partition coefficient (Wildman–Crippen LogP) is 1.41. The second-order valence-corrected chi connectivity index (χ2v) is 5.30. The summed E-state index contributed by atoms with van der Waals surface area (Å²) in [7, 11) is 0. The zero-order valence-electron chi connectivity index (χ0n) is 9.64. The predicted molar refractivity (Wildman–Crippen MR) is 70.5 cm³/mol. The molecule has 4 nitrogen and oxygen atoms in total. The largest absolute Gasteiger partial charge is 0.392 e. The van der Waals surface area contributed by atoms with Crippen LogP contribution < -0.4 is 5.73 Å². The Morgan fingerprint density at radius 3 is 2.78 bits per heavy atom. The molecule has 0 aromatic heterocycles. The minimum Gasteiger partial charge on any atom is -0.392 e. The SMILES string of the molecule is NC(=O)[C@H]1C[C@H](O)CN1Cc1ccc(Cl)c(Cl)c1. The third-order valence-corrected chi connectivity index (χ3v) is 3.82. The Bertz CT molecular complexity index is 467. The Hall–Kier alpha value is -0.810. The van der Waals surface area contributed by atoms with Crippen molar-refractivity contribution in [1.29, 1.82) is 0 Å². The Balaban J connectivity index is 2.12. The fraction of sp³-hybridized carbons (Fsp3) is 0.417. The van der Waals surface area contributed by atoms with E-state index in [-0.39, 0.29) is 0 Å². The van der Waals surface area contributed by atoms with Crippen LogP contribution in [-0.4, -0.2) is 34.6 Å². The lowest BCUT2D eigenvalue weighted by molar-refractivity contribution is -0.122. The zero-order valence-corrected chi connectivity index (χ0v) is 11.2. The molecule has 18 heavy (non-hydrogen) atoms. The minimum absolute atomic E-state index is 0.386. The molecule has 2 rings (SSSR count). The standard InChI is InChI=1S/C12H14Cl2N2O2/c13-9-2-1-7(3-10(9)14)5-16-6-8(17)4-11(16)12(15)18/h1-3,8,11,17H,4-6H2,(H2,15,18)/t8-,11+/m0/s1. The van der Waals surface area contributed by atoms with Crippen LogP contribution in [0.25, 0.3) is 0 Å². The van der Waals surface area contributed by atoms with Gasteiger partial charge in [-0.15, -0.1) is 0 Å². The van der Waals surface area contributed by atoms with E-state index in [0.29, 0.717) is 29.6 Å². The number of carbonyl (C=O) groups is 1. The summed E-state index contributed by atoms with van der Waals surface area (Å²) in [6.45, 7) is 0.954. The fourth-order valence-electron chi connectivity index (χ4n) is 2.22. The monoisotopic (exact) mass is 288 g/mol. The highest BCUT2D eigenvalue weighted by Gasteiger charge is 2.34. The van der Waals surface area contributed by atoms with E-state index < -0.39 is 18.1 Å². The van der Waals surface area contributed by atoms with Gasteiger partial charge in [-0.1, -0.05) is 29.3 Å². The molecule has 1 amide bonds. The van der Waals surface area contributed by atoms with Gasteiger partial charge in [-0.25, -0.2) is 0 Å². The Kier molecular flexibility index (Phi) is 4.12. The number of amides is 1. The third-order valence-electron chi connectivity index (χ3n) is 3.08. The number of benzene rings is 1. The lowest BCUT2D eigenvalue weighted by atomic mass is 10.1. The van der Waals surface area contributed by atoms with Crippen LogP contribution in [0.3, 0.4) is 0 Å². The summed E-state index contributed by atoms with van der Waals surface area (Å²) in [5.41, 5.74) is 6.25. The molecule has 1 fully saturated rings. The molecule has 6 heteroatoms. The summed E-state index contributed by atoms with van der Waals surface area (Å²) in [4.78, 5) is 13.1. The van der Waals surface area contributed by atoms with Crippen LogP contribution in [0.1, 0.15) is 12.0 Å². The first-order chi connectivity index (χ1) is 8.47. The molecule has 0 spiro atoms. The van der Waals surface area contributed by atoms with Crippen molar-refractivity contribution < 1.29 is 9.90 Å². The van der Waals surface area contributed by atoms with Crippen LogP contribution >= 0.6 is 23.2 Å². The van der Waals surface area contributed by atoms with E-state index in [1.807, 2.05) is 11.0 Å². The molecule has 98 valence electrons. The van der Waals surface area contributed by atoms with Gasteiger partial charge in [0.25, 0.3) is 0 Å². The number of halogens is 2. The average Bonchev–Trinajstić information content (AvgIpc) is 2.65. The summed E-state index contributed by atoms with van der Waals surface area (Å²) < 4.78 is 0. The molecule has 1 heterocycles. The summed E-state index contributed by atoms with van der Waals surface area (Å²) >= 11 is 11.8. The van der Waals surface area contributed by atoms with E-state index in [0.717, 1.165) is 5.56 Å². The van der Waals surface area contributed by atoms with E-state index in [9.17, 15) is 9.90 Å². The molecule has 1 saturated heterocycles. The molecule has 2 atom stereocenters. The molecule has 0 unspecified atom stereocenters. The van der Waals surface area contributed by atoms with E-state index in [4.69, 9.17) is 28.9 Å². The molecule has 0 bridgehead atoms. The second-order valence-electron chi connectivity index (χ2n) is 4.49. The number of hydrogen-bond acceptors (Lipinski definition) is 3. The molecule has 1 aromatic rings. The first kappa shape index (κ1) is 13.6. The van der Waals surface area contributed by atoms with Crippen molar-refractivity contribution in [2.24, 2.45) is 5.73 Å². The number of primary amides is 1. The molecule has 1 aliphatic heterocycles. The highest BCUT2D eigenvalue weighted by molar-refractivity contribution is 6.42. The normalized spacial score (nSPS) is 24.4. The van der Waals surface area contributed by atoms with Crippen molar-refractivity contribution in [3.8, 4) is 0 Å². The number of nitrogens with two attached hydrogens (primary N) is 1. The maximum atomic E-state index is 11.3. The van der Waals surface area contributed by atoms with Gasteiger partial charge < -0.3 is 10.8 Å². The third kappa shape index (κ3) is 2.95. The first-order valence-corrected chi connectivity index (χ1v) is 6.38. The molecular weight excluding hydrogens is 275 g/mol. The average molecular weight is 289 g/mol. The van der Waals surface area contributed by atoms with Gasteiger partial charge in [0, 0.05) is 13.1 Å². The van der Waals surface area contributed by atoms with Crippen molar-refractivity contribution in [2.75, 3.05) is 6.54 Å². The molecular formula is C12H14Cl2N2O2. The summed E-state index contributed by atoms with van der Waals surface area (Å²) in [5.74, 6) is -0.411. The number of β-amino-alcohol motifs (C(OH)–C–C–N with tert-alkyl or cyclic N) is 1. The minimum atomic E-state index is -0.509. The Labute approximate surface area is 115 Å². The molecule has 0 saturated carbocycles. The van der Waals surface area contributed by atoms with Gasteiger partial charge in [0.2, 0.25) is 5.91 Å². The maximum absolute atomic E-state index is 11.3. The van der Waals surface area contributed by atoms with Crippen LogP contribution in [0.2, 0.25) is 10.0 Å². The van der Waals surface area contributed by atoms with Gasteiger partial charge >= 0.3 is 0 Å². The maximum Gasteiger partial charge on any atom is 0.234 e. The van der Waals surface area contributed by atoms with E-state index in [1.54, 1.807) is 12.1 Å². The van der Waals surface area contributed by atoms with Crippen molar-refractivity contribution in [3.63, 3.8) is 0 Å². The van der Waals surface area contributed by atoms with Crippen LogP contribution in [-0.2, 0) is 11.3 Å². The number of aliphatic hydroxyl groups excluding tert-OH is 1. The summed E-state index contributed by atoms with van der Waals surface area (Å²) in [6.07, 6.45) is -0.123. The van der Waals surface area contributed by atoms with Crippen LogP contribution in [0.5, 0.6) is 0 Å². The number of carbonyl (C=O) groups excluding carboxylic acids is 1. The van der Waals surface area contributed by atoms with Crippen molar-refractivity contribution in [2.45, 2.75) is 25.1 Å². The van der Waals surface area contributed by atoms with Crippen molar-refractivity contribution >= 4 is 29.1 Å². The quantitative estimate of drug-likeness (QED) is 0.884. The van der Waals surface area contributed by atoms with Crippen molar-refractivity contribution in [3.05, 3.63) is 33.8 Å². The Morgan fingerprint density at radius 1 is 1.44 bits per heavy atom. The van der Waals surface area contributed by atoms with E-state index in [2.05, 4.69) is 0 Å². The van der Waals surface area contributed by atoms with E-state index in [1.165, 1.54) is 0 Å². The van der Waals surface area contributed by atoms with Gasteiger partial charge in [0.05, 0.1) is 22.2 Å². The summed E-state index contributed by atoms with van der Waals surface area (Å²) in [6, 6.07) is 4.89. The van der Waals surface area contributed by atoms with Gasteiger partial charge in [0.1, 0.15) is 0 Å². The highest BCUT2D eigenvalue weighted by atomic mass is 35.5. The smallest absolute Gasteiger partial charge is 0.234 e. The highest BCUT2D eigenvalue weighted by Crippen LogP contribution is 2.25. The van der Waals surface area contributed by atoms with E-state index >= 15 is 0 Å². The van der Waals surface area contributed by atoms with Gasteiger partial charge in [-0.05, 0) is 24.1 Å². The number of nitrogens with zero attached hydrogens (tertiary/aromatic N) is 1. The van der Waals surface area contributed by atoms with Crippen LogP contribution in [0.4, 0.5) is 0 Å². The van der Waals surface area contributed by atoms with Crippen molar-refractivity contribution in [1.82, 2.24) is 4.90 Å². The van der Waals surface area contributed by atoms with Crippen LogP contribution in [0.15, 0.2) is 18.2 Å². The fourth-order valence-corrected chi connectivity index (χ4v) is 2.54. The topological polar surface area (TPSA) is 66.6 Å². The number of likely N-dealkylation sites (tertiary alicyclic amines) is 1. The molecule has 0 aliphatic carbocycles. The zero-order chi connectivity index (χ0) is 13.3. The lowest BCUT2D eigenvalue weighted by Crippen LogP contribution is -2.39. The molecule has 0 radical (unpaired) electrons. The van der Waals surface area contributed by atoms with Crippen LogP contribution in [0, 0.1) is 0 Å². The second kappa shape index (κ2) is 5.45. The number of hydrogen-bond donors (Lipinski definition) is 2. The molecule has 1 aliphatic rings.